The first-order valence-corrected chi connectivity index (χ1v) is 9.43. The van der Waals surface area contributed by atoms with Crippen LogP contribution in [0.2, 0.25) is 0 Å². The van der Waals surface area contributed by atoms with Crippen molar-refractivity contribution in [1.29, 1.82) is 0 Å². The molecule has 2 aliphatic heterocycles. The predicted molar refractivity (Wildman–Crippen MR) is 97.0 cm³/mol. The molecule has 2 aliphatic rings. The number of carbonyl (C=O) groups is 1. The fourth-order valence-electron chi connectivity index (χ4n) is 3.75. The third-order valence-corrected chi connectivity index (χ3v) is 5.17. The Bertz CT molecular complexity index is 535. The summed E-state index contributed by atoms with van der Waals surface area (Å²) >= 11 is 0. The van der Waals surface area contributed by atoms with E-state index in [4.69, 9.17) is 9.47 Å². The molecule has 1 aromatic carbocycles. The molecule has 2 heterocycles. The van der Waals surface area contributed by atoms with E-state index in [0.717, 1.165) is 25.9 Å². The van der Waals surface area contributed by atoms with Gasteiger partial charge in [0.05, 0.1) is 25.8 Å². The van der Waals surface area contributed by atoms with Crippen molar-refractivity contribution in [2.24, 2.45) is 11.8 Å². The highest BCUT2D eigenvalue weighted by Gasteiger charge is 2.31. The van der Waals surface area contributed by atoms with E-state index in [1.54, 1.807) is 0 Å². The van der Waals surface area contributed by atoms with Crippen LogP contribution in [0.3, 0.4) is 0 Å². The zero-order valence-electron chi connectivity index (χ0n) is 15.3. The Morgan fingerprint density at radius 3 is 2.40 bits per heavy atom. The van der Waals surface area contributed by atoms with Crippen LogP contribution in [0.4, 0.5) is 0 Å². The second kappa shape index (κ2) is 8.79. The quantitative estimate of drug-likeness (QED) is 0.860. The molecule has 5 heteroatoms. The lowest BCUT2D eigenvalue weighted by atomic mass is 9.95. The number of likely N-dealkylation sites (tertiary alicyclic amines) is 1. The van der Waals surface area contributed by atoms with Gasteiger partial charge in [0.25, 0.3) is 0 Å². The fraction of sp³-hybridized carbons (Fsp3) is 0.650. The van der Waals surface area contributed by atoms with Crippen molar-refractivity contribution in [2.45, 2.75) is 39.0 Å². The molecule has 0 bridgehead atoms. The van der Waals surface area contributed by atoms with Crippen molar-refractivity contribution in [2.75, 3.05) is 32.8 Å². The van der Waals surface area contributed by atoms with Gasteiger partial charge in [-0.05, 0) is 37.4 Å². The second-order valence-electron chi connectivity index (χ2n) is 7.42. The maximum absolute atomic E-state index is 12.5. The van der Waals surface area contributed by atoms with Crippen molar-refractivity contribution in [1.82, 2.24) is 10.2 Å². The summed E-state index contributed by atoms with van der Waals surface area (Å²) < 4.78 is 11.2. The molecule has 2 saturated heterocycles. The van der Waals surface area contributed by atoms with Crippen LogP contribution in [0, 0.1) is 11.8 Å². The first-order chi connectivity index (χ1) is 12.1. The van der Waals surface area contributed by atoms with Gasteiger partial charge in [0.2, 0.25) is 5.91 Å². The number of benzene rings is 1. The van der Waals surface area contributed by atoms with E-state index in [9.17, 15) is 4.79 Å². The minimum atomic E-state index is -0.0284. The molecular formula is C20H30N2O3. The van der Waals surface area contributed by atoms with Gasteiger partial charge in [-0.15, -0.1) is 0 Å². The van der Waals surface area contributed by atoms with Crippen molar-refractivity contribution in [3.8, 4) is 0 Å². The summed E-state index contributed by atoms with van der Waals surface area (Å²) in [5, 5.41) is 3.22. The third-order valence-electron chi connectivity index (χ3n) is 5.17. The molecule has 5 nitrogen and oxygen atoms in total. The summed E-state index contributed by atoms with van der Waals surface area (Å²) in [6.45, 7) is 8.04. The smallest absolute Gasteiger partial charge is 0.234 e. The monoisotopic (exact) mass is 346 g/mol. The number of nitrogens with one attached hydrogen (secondary N) is 1. The molecule has 0 saturated carbocycles. The van der Waals surface area contributed by atoms with Gasteiger partial charge in [-0.2, -0.15) is 0 Å². The number of nitrogens with zero attached hydrogens (tertiary/aromatic N) is 1. The summed E-state index contributed by atoms with van der Waals surface area (Å²) in [5.74, 6) is 0.928. The van der Waals surface area contributed by atoms with Gasteiger partial charge in [-0.25, -0.2) is 0 Å². The van der Waals surface area contributed by atoms with Crippen LogP contribution in [0.25, 0.3) is 0 Å². The Kier molecular flexibility index (Phi) is 6.45. The lowest BCUT2D eigenvalue weighted by molar-refractivity contribution is -0.125. The second-order valence-corrected chi connectivity index (χ2v) is 7.42. The molecule has 3 rings (SSSR count). The molecule has 1 N–H and O–H groups in total. The van der Waals surface area contributed by atoms with E-state index < -0.39 is 0 Å². The van der Waals surface area contributed by atoms with Crippen LogP contribution in [0.5, 0.6) is 0 Å². The first kappa shape index (κ1) is 18.4. The van der Waals surface area contributed by atoms with Crippen molar-refractivity contribution >= 4 is 5.91 Å². The number of amides is 1. The lowest BCUT2D eigenvalue weighted by Crippen LogP contribution is -2.44. The largest absolute Gasteiger partial charge is 0.350 e. The van der Waals surface area contributed by atoms with Gasteiger partial charge in [-0.3, -0.25) is 9.69 Å². The van der Waals surface area contributed by atoms with Crippen molar-refractivity contribution in [3.05, 3.63) is 35.9 Å². The molecule has 138 valence electrons. The zero-order valence-corrected chi connectivity index (χ0v) is 15.3. The molecule has 1 atom stereocenters. The molecular weight excluding hydrogens is 316 g/mol. The normalized spacial score (nSPS) is 21.6. The van der Waals surface area contributed by atoms with Crippen LogP contribution in [-0.2, 0) is 14.3 Å². The molecule has 0 radical (unpaired) electrons. The molecule has 0 aromatic heterocycles. The summed E-state index contributed by atoms with van der Waals surface area (Å²) in [4.78, 5) is 14.8. The molecule has 1 aromatic rings. The molecule has 1 amide bonds. The molecule has 2 fully saturated rings. The van der Waals surface area contributed by atoms with Crippen LogP contribution in [-0.4, -0.2) is 49.9 Å². The summed E-state index contributed by atoms with van der Waals surface area (Å²) in [6.07, 6.45) is 2.04. The first-order valence-electron chi connectivity index (χ1n) is 9.43. The van der Waals surface area contributed by atoms with E-state index in [2.05, 4.69) is 36.2 Å². The average molecular weight is 346 g/mol. The maximum atomic E-state index is 12.5. The van der Waals surface area contributed by atoms with E-state index in [-0.39, 0.29) is 18.2 Å². The van der Waals surface area contributed by atoms with Gasteiger partial charge < -0.3 is 14.8 Å². The Hall–Kier alpha value is -1.43. The Labute approximate surface area is 150 Å². The zero-order chi connectivity index (χ0) is 17.6. The molecule has 0 spiro atoms. The number of ether oxygens (including phenoxy) is 2. The highest BCUT2D eigenvalue weighted by atomic mass is 16.7. The summed E-state index contributed by atoms with van der Waals surface area (Å²) in [6, 6.07) is 10.3. The van der Waals surface area contributed by atoms with Gasteiger partial charge in [0.1, 0.15) is 0 Å². The number of piperidine rings is 1. The number of hydrogen-bond acceptors (Lipinski definition) is 4. The minimum Gasteiger partial charge on any atom is -0.350 e. The molecule has 0 aliphatic carbocycles. The molecule has 1 unspecified atom stereocenters. The van der Waals surface area contributed by atoms with Gasteiger partial charge in [0, 0.05) is 5.92 Å². The minimum absolute atomic E-state index is 0.0284. The summed E-state index contributed by atoms with van der Waals surface area (Å²) in [7, 11) is 0. The molecule has 25 heavy (non-hydrogen) atoms. The third kappa shape index (κ3) is 5.03. The number of carbonyl (C=O) groups excluding carboxylic acids is 1. The van der Waals surface area contributed by atoms with E-state index in [0.29, 0.717) is 31.6 Å². The van der Waals surface area contributed by atoms with Crippen LogP contribution in [0.1, 0.15) is 38.3 Å². The van der Waals surface area contributed by atoms with Crippen LogP contribution >= 0.6 is 0 Å². The van der Waals surface area contributed by atoms with Gasteiger partial charge in [-0.1, -0.05) is 44.2 Å². The highest BCUT2D eigenvalue weighted by Crippen LogP contribution is 2.26. The van der Waals surface area contributed by atoms with Crippen molar-refractivity contribution in [3.63, 3.8) is 0 Å². The van der Waals surface area contributed by atoms with Crippen LogP contribution in [0.15, 0.2) is 30.3 Å². The SMILES string of the molecule is CC(C)C(NC(=O)CN1CCC(C2OCCO2)CC1)c1ccccc1. The predicted octanol–water partition coefficient (Wildman–Crippen LogP) is 2.58. The standard InChI is InChI=1S/C20H30N2O3/c1-15(2)19(16-6-4-3-5-7-16)21-18(23)14-22-10-8-17(9-11-22)20-24-12-13-25-20/h3-7,15,17,19-20H,8-14H2,1-2H3,(H,21,23). The lowest BCUT2D eigenvalue weighted by Gasteiger charge is -2.34. The van der Waals surface area contributed by atoms with Crippen molar-refractivity contribution < 1.29 is 14.3 Å². The number of hydrogen-bond donors (Lipinski definition) is 1. The average Bonchev–Trinajstić information content (AvgIpc) is 3.15. The topological polar surface area (TPSA) is 50.8 Å². The van der Waals surface area contributed by atoms with Gasteiger partial charge in [0.15, 0.2) is 6.29 Å². The summed E-state index contributed by atoms with van der Waals surface area (Å²) in [5.41, 5.74) is 1.17. The fourth-order valence-corrected chi connectivity index (χ4v) is 3.75. The van der Waals surface area contributed by atoms with E-state index >= 15 is 0 Å². The Morgan fingerprint density at radius 2 is 1.80 bits per heavy atom. The van der Waals surface area contributed by atoms with E-state index in [1.807, 2.05) is 18.2 Å². The van der Waals surface area contributed by atoms with Gasteiger partial charge >= 0.3 is 0 Å². The number of rotatable bonds is 6. The Morgan fingerprint density at radius 1 is 1.16 bits per heavy atom. The highest BCUT2D eigenvalue weighted by molar-refractivity contribution is 5.78. The van der Waals surface area contributed by atoms with E-state index in [1.165, 1.54) is 5.56 Å². The van der Waals surface area contributed by atoms with Crippen LogP contribution < -0.4 is 5.32 Å². The maximum Gasteiger partial charge on any atom is 0.234 e. The Balaban J connectivity index is 1.47.